The van der Waals surface area contributed by atoms with Gasteiger partial charge in [0.2, 0.25) is 6.79 Å². The maximum Gasteiger partial charge on any atom is 0.344 e. The van der Waals surface area contributed by atoms with Crippen LogP contribution in [0.15, 0.2) is 24.3 Å². The lowest BCUT2D eigenvalue weighted by Crippen LogP contribution is -2.36. The first-order valence-electron chi connectivity index (χ1n) is 9.86. The van der Waals surface area contributed by atoms with Crippen LogP contribution in [0.3, 0.4) is 0 Å². The van der Waals surface area contributed by atoms with Gasteiger partial charge in [0.05, 0.1) is 0 Å². The van der Waals surface area contributed by atoms with Gasteiger partial charge in [-0.15, -0.1) is 0 Å². The Balaban J connectivity index is 1.46. The molecule has 3 atom stereocenters. The number of carbonyl (C=O) groups is 2. The fourth-order valence-electron chi connectivity index (χ4n) is 3.81. The summed E-state index contributed by atoms with van der Waals surface area (Å²) >= 11 is 0. The molecule has 1 aromatic carbocycles. The van der Waals surface area contributed by atoms with Gasteiger partial charge in [-0.2, -0.15) is 0 Å². The standard InChI is InChI=1S/C22H28O6/c1-14(2)17-7-4-15(3)10-19(17)28-22(24)12-25-21(23)9-6-16-5-8-18-20(11-16)27-13-26-18/h5-6,8-9,11,14-15,17,19H,4,7,10,12-13H2,1-3H3/b9-6+/t15-,17+,19-/m0/s1. The highest BCUT2D eigenvalue weighted by atomic mass is 16.7. The molecular weight excluding hydrogens is 360 g/mol. The molecule has 0 bridgehead atoms. The minimum absolute atomic E-state index is 0.0980. The van der Waals surface area contributed by atoms with Gasteiger partial charge in [-0.25, -0.2) is 9.59 Å². The molecule has 0 spiro atoms. The second-order valence-corrected chi connectivity index (χ2v) is 7.91. The molecule has 152 valence electrons. The van der Waals surface area contributed by atoms with Gasteiger partial charge >= 0.3 is 11.9 Å². The molecule has 1 saturated carbocycles. The van der Waals surface area contributed by atoms with Crippen molar-refractivity contribution < 1.29 is 28.5 Å². The summed E-state index contributed by atoms with van der Waals surface area (Å²) in [5.74, 6) is 1.60. The van der Waals surface area contributed by atoms with Crippen LogP contribution in [-0.4, -0.2) is 31.4 Å². The van der Waals surface area contributed by atoms with E-state index in [2.05, 4.69) is 20.8 Å². The van der Waals surface area contributed by atoms with E-state index in [4.69, 9.17) is 18.9 Å². The Labute approximate surface area is 165 Å². The van der Waals surface area contributed by atoms with Gasteiger partial charge in [0.15, 0.2) is 18.1 Å². The Hall–Kier alpha value is -2.50. The molecule has 6 nitrogen and oxygen atoms in total. The summed E-state index contributed by atoms with van der Waals surface area (Å²) < 4.78 is 21.2. The zero-order valence-corrected chi connectivity index (χ0v) is 16.7. The van der Waals surface area contributed by atoms with Crippen molar-refractivity contribution in [3.8, 4) is 11.5 Å². The van der Waals surface area contributed by atoms with E-state index >= 15 is 0 Å². The number of hydrogen-bond acceptors (Lipinski definition) is 6. The van der Waals surface area contributed by atoms with Gasteiger partial charge in [-0.05, 0) is 54.4 Å². The Morgan fingerprint density at radius 2 is 2.00 bits per heavy atom. The van der Waals surface area contributed by atoms with Crippen molar-refractivity contribution in [3.63, 3.8) is 0 Å². The molecule has 0 unspecified atom stereocenters. The highest BCUT2D eigenvalue weighted by molar-refractivity contribution is 5.88. The molecule has 3 rings (SSSR count). The first-order chi connectivity index (χ1) is 13.4. The van der Waals surface area contributed by atoms with E-state index in [0.717, 1.165) is 24.8 Å². The van der Waals surface area contributed by atoms with Crippen LogP contribution in [0.1, 0.15) is 45.6 Å². The van der Waals surface area contributed by atoms with Crippen LogP contribution in [0, 0.1) is 17.8 Å². The van der Waals surface area contributed by atoms with E-state index in [-0.39, 0.29) is 19.5 Å². The van der Waals surface area contributed by atoms with E-state index in [1.54, 1.807) is 18.2 Å². The third-order valence-electron chi connectivity index (χ3n) is 5.38. The van der Waals surface area contributed by atoms with Crippen molar-refractivity contribution in [2.75, 3.05) is 13.4 Å². The molecule has 1 fully saturated rings. The van der Waals surface area contributed by atoms with Crippen molar-refractivity contribution in [3.05, 3.63) is 29.8 Å². The van der Waals surface area contributed by atoms with Gasteiger partial charge in [0, 0.05) is 6.08 Å². The van der Waals surface area contributed by atoms with Crippen LogP contribution in [-0.2, 0) is 19.1 Å². The zero-order valence-electron chi connectivity index (χ0n) is 16.7. The second-order valence-electron chi connectivity index (χ2n) is 7.91. The molecule has 0 N–H and O–H groups in total. The van der Waals surface area contributed by atoms with Gasteiger partial charge < -0.3 is 18.9 Å². The van der Waals surface area contributed by atoms with E-state index < -0.39 is 11.9 Å². The minimum Gasteiger partial charge on any atom is -0.460 e. The summed E-state index contributed by atoms with van der Waals surface area (Å²) in [6.45, 7) is 6.31. The average molecular weight is 388 g/mol. The van der Waals surface area contributed by atoms with Crippen molar-refractivity contribution >= 4 is 18.0 Å². The topological polar surface area (TPSA) is 71.1 Å². The maximum atomic E-state index is 12.1. The molecular formula is C22H28O6. The van der Waals surface area contributed by atoms with Gasteiger partial charge in [0.1, 0.15) is 6.10 Å². The summed E-state index contributed by atoms with van der Waals surface area (Å²) in [5.41, 5.74) is 0.778. The zero-order chi connectivity index (χ0) is 20.1. The van der Waals surface area contributed by atoms with Crippen molar-refractivity contribution in [1.29, 1.82) is 0 Å². The van der Waals surface area contributed by atoms with Crippen LogP contribution in [0.25, 0.3) is 6.08 Å². The summed E-state index contributed by atoms with van der Waals surface area (Å²) in [5, 5.41) is 0. The predicted molar refractivity (Wildman–Crippen MR) is 104 cm³/mol. The van der Waals surface area contributed by atoms with Crippen LogP contribution < -0.4 is 9.47 Å². The Morgan fingerprint density at radius 1 is 1.21 bits per heavy atom. The molecule has 0 amide bonds. The third-order valence-corrected chi connectivity index (χ3v) is 5.38. The molecule has 0 aromatic heterocycles. The van der Waals surface area contributed by atoms with Crippen molar-refractivity contribution in [2.45, 2.75) is 46.1 Å². The fraction of sp³-hybridized carbons (Fsp3) is 0.545. The number of esters is 2. The average Bonchev–Trinajstić information content (AvgIpc) is 3.12. The molecule has 0 radical (unpaired) electrons. The molecule has 6 heteroatoms. The normalized spacial score (nSPS) is 23.8. The predicted octanol–water partition coefficient (Wildman–Crippen LogP) is 3.98. The first-order valence-corrected chi connectivity index (χ1v) is 9.86. The maximum absolute atomic E-state index is 12.1. The van der Waals surface area contributed by atoms with Crippen molar-refractivity contribution in [2.24, 2.45) is 17.8 Å². The van der Waals surface area contributed by atoms with Crippen LogP contribution >= 0.6 is 0 Å². The molecule has 1 aromatic rings. The van der Waals surface area contributed by atoms with Gasteiger partial charge in [-0.3, -0.25) is 0 Å². The lowest BCUT2D eigenvalue weighted by atomic mass is 9.75. The summed E-state index contributed by atoms with van der Waals surface area (Å²) in [4.78, 5) is 24.0. The van der Waals surface area contributed by atoms with Crippen LogP contribution in [0.5, 0.6) is 11.5 Å². The van der Waals surface area contributed by atoms with E-state index in [1.807, 2.05) is 6.07 Å². The number of benzene rings is 1. The van der Waals surface area contributed by atoms with Crippen molar-refractivity contribution in [1.82, 2.24) is 0 Å². The molecule has 1 heterocycles. The SMILES string of the molecule is CC(C)[C@H]1CC[C@H](C)C[C@@H]1OC(=O)COC(=O)/C=C/c1ccc2c(c1)OCO2. The molecule has 0 saturated heterocycles. The highest BCUT2D eigenvalue weighted by Gasteiger charge is 2.33. The first kappa shape index (κ1) is 20.2. The Kier molecular flexibility index (Phi) is 6.60. The molecule has 2 aliphatic rings. The summed E-state index contributed by atoms with van der Waals surface area (Å²) in [6.07, 6.45) is 5.88. The number of rotatable bonds is 6. The third kappa shape index (κ3) is 5.27. The molecule has 1 aliphatic carbocycles. The summed E-state index contributed by atoms with van der Waals surface area (Å²) in [7, 11) is 0. The number of fused-ring (bicyclic) bond motifs is 1. The number of carbonyl (C=O) groups excluding carboxylic acids is 2. The highest BCUT2D eigenvalue weighted by Crippen LogP contribution is 2.35. The molecule has 1 aliphatic heterocycles. The minimum atomic E-state index is -0.591. The quantitative estimate of drug-likeness (QED) is 0.542. The fourth-order valence-corrected chi connectivity index (χ4v) is 3.81. The lowest BCUT2D eigenvalue weighted by Gasteiger charge is -2.36. The Morgan fingerprint density at radius 3 is 2.79 bits per heavy atom. The van der Waals surface area contributed by atoms with E-state index in [0.29, 0.717) is 29.3 Å². The molecule has 28 heavy (non-hydrogen) atoms. The van der Waals surface area contributed by atoms with E-state index in [1.165, 1.54) is 6.08 Å². The largest absolute Gasteiger partial charge is 0.460 e. The van der Waals surface area contributed by atoms with Crippen LogP contribution in [0.4, 0.5) is 0 Å². The smallest absolute Gasteiger partial charge is 0.344 e. The monoisotopic (exact) mass is 388 g/mol. The van der Waals surface area contributed by atoms with Gasteiger partial charge in [-0.1, -0.05) is 33.3 Å². The summed E-state index contributed by atoms with van der Waals surface area (Å²) in [6, 6.07) is 5.36. The number of hydrogen-bond donors (Lipinski definition) is 0. The lowest BCUT2D eigenvalue weighted by molar-refractivity contribution is -0.165. The van der Waals surface area contributed by atoms with Crippen LogP contribution in [0.2, 0.25) is 0 Å². The van der Waals surface area contributed by atoms with E-state index in [9.17, 15) is 9.59 Å². The second kappa shape index (κ2) is 9.13. The Bertz CT molecular complexity index is 739. The number of ether oxygens (including phenoxy) is 4. The van der Waals surface area contributed by atoms with Gasteiger partial charge in [0.25, 0.3) is 0 Å².